The van der Waals surface area contributed by atoms with Crippen LogP contribution in [0.1, 0.15) is 15.9 Å². The summed E-state index contributed by atoms with van der Waals surface area (Å²) in [5.74, 6) is -0.582. The van der Waals surface area contributed by atoms with Crippen molar-refractivity contribution in [3.05, 3.63) is 39.4 Å². The average Bonchev–Trinajstić information content (AvgIpc) is 2.29. The van der Waals surface area contributed by atoms with E-state index >= 15 is 0 Å². The number of nitrogens with zero attached hydrogens (tertiary/aromatic N) is 1. The summed E-state index contributed by atoms with van der Waals surface area (Å²) in [6, 6.07) is 5.02. The van der Waals surface area contributed by atoms with E-state index in [1.165, 1.54) is 7.11 Å². The SMILES string of the molecule is COC(=O)c1ccc(C)c(NC(=N)N)c1.O=[N+]([O-])O. The van der Waals surface area contributed by atoms with Crippen LogP contribution in [0.5, 0.6) is 0 Å². The number of carbonyl (C=O) groups is 1. The fraction of sp³-hybridized carbons (Fsp3) is 0.200. The van der Waals surface area contributed by atoms with Crippen molar-refractivity contribution >= 4 is 17.6 Å². The van der Waals surface area contributed by atoms with E-state index < -0.39 is 11.1 Å². The molecule has 0 aliphatic carbocycles. The van der Waals surface area contributed by atoms with Gasteiger partial charge in [-0.25, -0.2) is 4.79 Å². The average molecular weight is 270 g/mol. The van der Waals surface area contributed by atoms with Crippen molar-refractivity contribution in [3.8, 4) is 0 Å². The lowest BCUT2D eigenvalue weighted by Gasteiger charge is -2.08. The monoisotopic (exact) mass is 270 g/mol. The predicted octanol–water partition coefficient (Wildman–Crippen LogP) is 0.739. The Morgan fingerprint density at radius 2 is 2.11 bits per heavy atom. The zero-order valence-electron chi connectivity index (χ0n) is 10.3. The van der Waals surface area contributed by atoms with Crippen LogP contribution in [-0.4, -0.2) is 29.3 Å². The van der Waals surface area contributed by atoms with Gasteiger partial charge in [0, 0.05) is 5.69 Å². The number of benzene rings is 1. The fourth-order valence-electron chi connectivity index (χ4n) is 1.15. The molecule has 0 spiro atoms. The van der Waals surface area contributed by atoms with Gasteiger partial charge in [0.2, 0.25) is 0 Å². The molecule has 0 unspecified atom stereocenters. The van der Waals surface area contributed by atoms with Crippen LogP contribution < -0.4 is 11.1 Å². The third-order valence-corrected chi connectivity index (χ3v) is 1.93. The smallest absolute Gasteiger partial charge is 0.337 e. The molecular weight excluding hydrogens is 256 g/mol. The van der Waals surface area contributed by atoms with Gasteiger partial charge in [-0.15, -0.1) is 10.1 Å². The minimum Gasteiger partial charge on any atom is -0.465 e. The Hall–Kier alpha value is -2.84. The van der Waals surface area contributed by atoms with Gasteiger partial charge < -0.3 is 21.0 Å². The topological polar surface area (TPSA) is 152 Å². The van der Waals surface area contributed by atoms with Crippen molar-refractivity contribution < 1.29 is 19.8 Å². The number of methoxy groups -OCH3 is 1. The summed E-state index contributed by atoms with van der Waals surface area (Å²) in [6.45, 7) is 1.85. The molecule has 1 aromatic carbocycles. The van der Waals surface area contributed by atoms with Crippen LogP contribution in [-0.2, 0) is 4.74 Å². The van der Waals surface area contributed by atoms with Gasteiger partial charge in [0.15, 0.2) is 5.96 Å². The maximum absolute atomic E-state index is 11.2. The van der Waals surface area contributed by atoms with Crippen molar-refractivity contribution in [1.82, 2.24) is 0 Å². The lowest BCUT2D eigenvalue weighted by molar-refractivity contribution is -0.742. The number of guanidine groups is 1. The third kappa shape index (κ3) is 6.46. The van der Waals surface area contributed by atoms with Crippen LogP contribution in [0.15, 0.2) is 18.2 Å². The maximum atomic E-state index is 11.2. The van der Waals surface area contributed by atoms with E-state index in [4.69, 9.17) is 26.5 Å². The third-order valence-electron chi connectivity index (χ3n) is 1.93. The molecule has 0 aliphatic heterocycles. The zero-order chi connectivity index (χ0) is 15.0. The highest BCUT2D eigenvalue weighted by Crippen LogP contribution is 2.16. The summed E-state index contributed by atoms with van der Waals surface area (Å²) in [4.78, 5) is 19.6. The van der Waals surface area contributed by atoms with Crippen molar-refractivity contribution in [2.75, 3.05) is 12.4 Å². The van der Waals surface area contributed by atoms with Gasteiger partial charge in [-0.2, -0.15) is 0 Å². The van der Waals surface area contributed by atoms with Gasteiger partial charge in [0.25, 0.3) is 5.09 Å². The molecule has 0 bridgehead atoms. The first-order valence-corrected chi connectivity index (χ1v) is 4.91. The molecule has 0 heterocycles. The number of rotatable bonds is 2. The second kappa shape index (κ2) is 7.48. The van der Waals surface area contributed by atoms with E-state index in [2.05, 4.69) is 10.1 Å². The highest BCUT2D eigenvalue weighted by atomic mass is 16.9. The number of esters is 1. The van der Waals surface area contributed by atoms with E-state index in [1.807, 2.05) is 6.92 Å². The molecule has 1 aromatic rings. The van der Waals surface area contributed by atoms with Crippen LogP contribution in [0.4, 0.5) is 5.69 Å². The standard InChI is InChI=1S/C10H13N3O2.HNO3/c1-6-3-4-7(9(14)15-2)5-8(6)13-10(11)12;2-1(3)4/h3-5H,1-2H3,(H4,11,12,13);(H,2,3,4). The quantitative estimate of drug-likeness (QED) is 0.203. The van der Waals surface area contributed by atoms with Gasteiger partial charge in [-0.3, -0.25) is 5.41 Å². The molecule has 0 aromatic heterocycles. The molecule has 0 fully saturated rings. The summed E-state index contributed by atoms with van der Waals surface area (Å²) in [5, 5.41) is 23.4. The number of carbonyl (C=O) groups excluding carboxylic acids is 1. The summed E-state index contributed by atoms with van der Waals surface area (Å²) < 4.78 is 4.58. The molecule has 0 aliphatic rings. The molecule has 9 heteroatoms. The van der Waals surface area contributed by atoms with Crippen LogP contribution in [0.25, 0.3) is 0 Å². The highest BCUT2D eigenvalue weighted by Gasteiger charge is 2.07. The van der Waals surface area contributed by atoms with Crippen LogP contribution in [0.2, 0.25) is 0 Å². The molecule has 104 valence electrons. The first kappa shape index (κ1) is 16.2. The highest BCUT2D eigenvalue weighted by molar-refractivity contribution is 5.94. The second-order valence-electron chi connectivity index (χ2n) is 3.30. The lowest BCUT2D eigenvalue weighted by atomic mass is 10.1. The Labute approximate surface area is 108 Å². The van der Waals surface area contributed by atoms with Crippen LogP contribution in [0.3, 0.4) is 0 Å². The molecule has 0 saturated heterocycles. The molecule has 0 atom stereocenters. The first-order valence-electron chi connectivity index (χ1n) is 4.91. The molecule has 1 rings (SSSR count). The molecule has 19 heavy (non-hydrogen) atoms. The number of hydrogen-bond acceptors (Lipinski definition) is 5. The maximum Gasteiger partial charge on any atom is 0.337 e. The Morgan fingerprint density at radius 1 is 1.58 bits per heavy atom. The van der Waals surface area contributed by atoms with E-state index in [0.717, 1.165) is 5.56 Å². The van der Waals surface area contributed by atoms with E-state index in [9.17, 15) is 4.79 Å². The predicted molar refractivity (Wildman–Crippen MR) is 66.8 cm³/mol. The van der Waals surface area contributed by atoms with Gasteiger partial charge in [0.05, 0.1) is 12.7 Å². The minimum absolute atomic E-state index is 0.167. The summed E-state index contributed by atoms with van der Waals surface area (Å²) >= 11 is 0. The van der Waals surface area contributed by atoms with Gasteiger partial charge >= 0.3 is 5.97 Å². The first-order chi connectivity index (χ1) is 8.77. The number of hydrogen-bond donors (Lipinski definition) is 4. The number of aryl methyl sites for hydroxylation is 1. The number of nitrogens with one attached hydrogen (secondary N) is 2. The number of nitrogens with two attached hydrogens (primary N) is 1. The van der Waals surface area contributed by atoms with Crippen molar-refractivity contribution in [3.63, 3.8) is 0 Å². The van der Waals surface area contributed by atoms with Crippen LogP contribution >= 0.6 is 0 Å². The van der Waals surface area contributed by atoms with Crippen LogP contribution in [0, 0.1) is 22.4 Å². The molecule has 5 N–H and O–H groups in total. The second-order valence-corrected chi connectivity index (χ2v) is 3.30. The number of anilines is 1. The van der Waals surface area contributed by atoms with Gasteiger partial charge in [-0.1, -0.05) is 6.07 Å². The van der Waals surface area contributed by atoms with Crippen molar-refractivity contribution in [2.24, 2.45) is 5.73 Å². The Balaban J connectivity index is 0.000000711. The summed E-state index contributed by atoms with van der Waals surface area (Å²) in [5.41, 5.74) is 7.16. The lowest BCUT2D eigenvalue weighted by Crippen LogP contribution is -2.21. The largest absolute Gasteiger partial charge is 0.465 e. The van der Waals surface area contributed by atoms with E-state index in [0.29, 0.717) is 11.3 Å². The Bertz CT molecular complexity index is 485. The molecule has 0 amide bonds. The van der Waals surface area contributed by atoms with Crippen molar-refractivity contribution in [1.29, 1.82) is 5.41 Å². The summed E-state index contributed by atoms with van der Waals surface area (Å²) in [7, 11) is 1.32. The molecular formula is C10H14N4O5. The minimum atomic E-state index is -1.50. The Morgan fingerprint density at radius 3 is 2.53 bits per heavy atom. The van der Waals surface area contributed by atoms with E-state index in [1.54, 1.807) is 18.2 Å². The van der Waals surface area contributed by atoms with E-state index in [-0.39, 0.29) is 5.96 Å². The fourth-order valence-corrected chi connectivity index (χ4v) is 1.15. The normalized spacial score (nSPS) is 8.74. The molecule has 0 radical (unpaired) electrons. The molecule has 9 nitrogen and oxygen atoms in total. The Kier molecular flexibility index (Phi) is 6.36. The van der Waals surface area contributed by atoms with Crippen molar-refractivity contribution in [2.45, 2.75) is 6.92 Å². The molecule has 0 saturated carbocycles. The number of ether oxygens (including phenoxy) is 1. The van der Waals surface area contributed by atoms with Gasteiger partial charge in [-0.05, 0) is 24.6 Å². The summed E-state index contributed by atoms with van der Waals surface area (Å²) in [6.07, 6.45) is 0. The van der Waals surface area contributed by atoms with Gasteiger partial charge in [0.1, 0.15) is 0 Å². The zero-order valence-corrected chi connectivity index (χ0v) is 10.3.